The molecule has 0 fully saturated rings. The third-order valence-electron chi connectivity index (χ3n) is 4.03. The van der Waals surface area contributed by atoms with Crippen molar-refractivity contribution in [3.63, 3.8) is 0 Å². The Kier molecular flexibility index (Phi) is 4.20. The normalized spacial score (nSPS) is 12.8. The first-order valence-electron chi connectivity index (χ1n) is 7.53. The molecule has 0 N–H and O–H groups in total. The van der Waals surface area contributed by atoms with Gasteiger partial charge in [0.2, 0.25) is 0 Å². The van der Waals surface area contributed by atoms with Crippen molar-refractivity contribution in [2.45, 2.75) is 6.54 Å². The van der Waals surface area contributed by atoms with Crippen molar-refractivity contribution in [1.82, 2.24) is 9.55 Å². The van der Waals surface area contributed by atoms with Gasteiger partial charge >= 0.3 is 0 Å². The molecule has 0 spiro atoms. The van der Waals surface area contributed by atoms with Gasteiger partial charge in [-0.25, -0.2) is 8.78 Å². The predicted octanol–water partition coefficient (Wildman–Crippen LogP) is 4.28. The lowest BCUT2D eigenvalue weighted by atomic mass is 9.99. The molecule has 1 aliphatic rings. The monoisotopic (exact) mass is 435 g/mol. The van der Waals surface area contributed by atoms with E-state index >= 15 is 0 Å². The van der Waals surface area contributed by atoms with Crippen molar-refractivity contribution in [2.75, 3.05) is 0 Å². The fourth-order valence-electron chi connectivity index (χ4n) is 2.90. The molecule has 1 aliphatic heterocycles. The molecule has 0 aliphatic carbocycles. The van der Waals surface area contributed by atoms with Gasteiger partial charge in [-0.3, -0.25) is 9.79 Å². The molecule has 26 heavy (non-hydrogen) atoms. The van der Waals surface area contributed by atoms with Crippen LogP contribution >= 0.6 is 27.5 Å². The Labute approximate surface area is 159 Å². The standard InChI is InChI=1S/C18H9BrClF2N3O/c19-9-4-5-12-16(17(9)20)18(15-10(21)2-1-3-11(15)22)23-8-13-24-14(26)6-7-25(12)13/h1-7H,8H2. The van der Waals surface area contributed by atoms with E-state index in [9.17, 15) is 13.6 Å². The number of halogens is 4. The van der Waals surface area contributed by atoms with Gasteiger partial charge in [0, 0.05) is 22.3 Å². The molecule has 0 saturated carbocycles. The maximum absolute atomic E-state index is 14.4. The lowest BCUT2D eigenvalue weighted by Gasteiger charge is -2.16. The second kappa shape index (κ2) is 6.41. The van der Waals surface area contributed by atoms with E-state index in [0.29, 0.717) is 21.5 Å². The number of hydrogen-bond donors (Lipinski definition) is 0. The van der Waals surface area contributed by atoms with Crippen LogP contribution in [0.4, 0.5) is 8.78 Å². The molecule has 0 unspecified atom stereocenters. The van der Waals surface area contributed by atoms with E-state index in [1.165, 1.54) is 12.1 Å². The molecule has 130 valence electrons. The van der Waals surface area contributed by atoms with Crippen LogP contribution in [0.25, 0.3) is 5.69 Å². The fourth-order valence-corrected chi connectivity index (χ4v) is 3.48. The minimum atomic E-state index is -0.751. The average Bonchev–Trinajstić information content (AvgIpc) is 2.75. The molecular formula is C18H9BrClF2N3O. The maximum Gasteiger partial charge on any atom is 0.272 e. The Morgan fingerprint density at radius 3 is 2.54 bits per heavy atom. The summed E-state index contributed by atoms with van der Waals surface area (Å²) in [6.45, 7) is -0.0260. The van der Waals surface area contributed by atoms with Crippen LogP contribution < -0.4 is 5.56 Å². The Morgan fingerprint density at radius 1 is 1.08 bits per heavy atom. The highest BCUT2D eigenvalue weighted by molar-refractivity contribution is 9.10. The van der Waals surface area contributed by atoms with Crippen LogP contribution in [0.2, 0.25) is 5.02 Å². The Bertz CT molecular complexity index is 1120. The van der Waals surface area contributed by atoms with Crippen molar-refractivity contribution < 1.29 is 8.78 Å². The first-order valence-corrected chi connectivity index (χ1v) is 8.70. The summed E-state index contributed by atoms with van der Waals surface area (Å²) in [6.07, 6.45) is 1.55. The van der Waals surface area contributed by atoms with Gasteiger partial charge < -0.3 is 4.57 Å². The van der Waals surface area contributed by atoms with Crippen molar-refractivity contribution >= 4 is 33.2 Å². The van der Waals surface area contributed by atoms with Gasteiger partial charge in [0.05, 0.1) is 28.5 Å². The van der Waals surface area contributed by atoms with Crippen LogP contribution in [0.15, 0.2) is 56.9 Å². The smallest absolute Gasteiger partial charge is 0.272 e. The summed E-state index contributed by atoms with van der Waals surface area (Å²) in [5.74, 6) is -1.15. The number of aromatic nitrogens is 2. The Balaban J connectivity index is 2.11. The minimum Gasteiger partial charge on any atom is -0.303 e. The lowest BCUT2D eigenvalue weighted by molar-refractivity contribution is 0.579. The van der Waals surface area contributed by atoms with Crippen LogP contribution in [0.1, 0.15) is 17.0 Å². The van der Waals surface area contributed by atoms with E-state index in [0.717, 1.165) is 12.1 Å². The molecule has 0 bridgehead atoms. The highest BCUT2D eigenvalue weighted by atomic mass is 79.9. The molecule has 8 heteroatoms. The van der Waals surface area contributed by atoms with Crippen molar-refractivity contribution in [2.24, 2.45) is 4.99 Å². The molecule has 0 saturated heterocycles. The van der Waals surface area contributed by atoms with E-state index in [-0.39, 0.29) is 22.8 Å². The SMILES string of the molecule is O=c1ccn2c(n1)CN=C(c1c(F)cccc1F)c1c-2ccc(Br)c1Cl. The topological polar surface area (TPSA) is 47.2 Å². The first kappa shape index (κ1) is 17.1. The molecule has 1 aromatic heterocycles. The van der Waals surface area contributed by atoms with Crippen molar-refractivity contribution in [3.05, 3.63) is 91.0 Å². The average molecular weight is 437 g/mol. The van der Waals surface area contributed by atoms with Crippen LogP contribution in [0, 0.1) is 11.6 Å². The molecule has 0 atom stereocenters. The van der Waals surface area contributed by atoms with Crippen LogP contribution in [0.3, 0.4) is 0 Å². The van der Waals surface area contributed by atoms with E-state index in [2.05, 4.69) is 25.9 Å². The second-order valence-corrected chi connectivity index (χ2v) is 6.80. The van der Waals surface area contributed by atoms with E-state index in [1.807, 2.05) is 0 Å². The largest absolute Gasteiger partial charge is 0.303 e. The summed E-state index contributed by atoms with van der Waals surface area (Å²) >= 11 is 9.80. The van der Waals surface area contributed by atoms with Crippen LogP contribution in [-0.2, 0) is 6.54 Å². The van der Waals surface area contributed by atoms with E-state index in [4.69, 9.17) is 11.6 Å². The highest BCUT2D eigenvalue weighted by Crippen LogP contribution is 2.35. The zero-order chi connectivity index (χ0) is 18.4. The zero-order valence-corrected chi connectivity index (χ0v) is 15.4. The molecule has 2 aromatic carbocycles. The number of benzene rings is 2. The third kappa shape index (κ3) is 2.68. The summed E-state index contributed by atoms with van der Waals surface area (Å²) in [6, 6.07) is 8.34. The van der Waals surface area contributed by atoms with Gasteiger partial charge in [0.15, 0.2) is 0 Å². The summed E-state index contributed by atoms with van der Waals surface area (Å²) in [5.41, 5.74) is 0.259. The number of fused-ring (bicyclic) bond motifs is 3. The molecule has 0 radical (unpaired) electrons. The van der Waals surface area contributed by atoms with Crippen molar-refractivity contribution in [3.8, 4) is 5.69 Å². The van der Waals surface area contributed by atoms with Gasteiger partial charge in [-0.2, -0.15) is 4.98 Å². The van der Waals surface area contributed by atoms with Crippen LogP contribution in [-0.4, -0.2) is 15.3 Å². The van der Waals surface area contributed by atoms with Gasteiger partial charge in [0.1, 0.15) is 17.5 Å². The van der Waals surface area contributed by atoms with Gasteiger partial charge in [-0.1, -0.05) is 17.7 Å². The maximum atomic E-state index is 14.4. The number of hydrogen-bond acceptors (Lipinski definition) is 3. The van der Waals surface area contributed by atoms with Gasteiger partial charge in [0.25, 0.3) is 5.56 Å². The minimum absolute atomic E-state index is 0.0260. The van der Waals surface area contributed by atoms with E-state index in [1.54, 1.807) is 22.9 Å². The van der Waals surface area contributed by atoms with Gasteiger partial charge in [-0.15, -0.1) is 0 Å². The zero-order valence-electron chi connectivity index (χ0n) is 13.0. The van der Waals surface area contributed by atoms with Crippen LogP contribution in [0.5, 0.6) is 0 Å². The first-order chi connectivity index (χ1) is 12.5. The summed E-state index contributed by atoms with van der Waals surface area (Å²) in [5, 5.41) is 0.260. The quantitative estimate of drug-likeness (QED) is 0.572. The number of nitrogens with zero attached hydrogens (tertiary/aromatic N) is 3. The molecular weight excluding hydrogens is 428 g/mol. The lowest BCUT2D eigenvalue weighted by Crippen LogP contribution is -2.15. The Hall–Kier alpha value is -2.38. The molecule has 3 aromatic rings. The number of aliphatic imine (C=N–C) groups is 1. The summed E-state index contributed by atoms with van der Waals surface area (Å²) < 4.78 is 31.1. The Morgan fingerprint density at radius 2 is 1.81 bits per heavy atom. The molecule has 2 heterocycles. The fraction of sp³-hybridized carbons (Fsp3) is 0.0556. The van der Waals surface area contributed by atoms with E-state index < -0.39 is 17.2 Å². The predicted molar refractivity (Wildman–Crippen MR) is 98.2 cm³/mol. The van der Waals surface area contributed by atoms with Crippen molar-refractivity contribution in [1.29, 1.82) is 0 Å². The summed E-state index contributed by atoms with van der Waals surface area (Å²) in [7, 11) is 0. The molecule has 4 rings (SSSR count). The second-order valence-electron chi connectivity index (χ2n) is 5.57. The van der Waals surface area contributed by atoms with Gasteiger partial charge in [-0.05, 0) is 40.2 Å². The third-order valence-corrected chi connectivity index (χ3v) is 5.31. The summed E-state index contributed by atoms with van der Waals surface area (Å²) in [4.78, 5) is 19.9. The number of rotatable bonds is 1. The highest BCUT2D eigenvalue weighted by Gasteiger charge is 2.26. The molecule has 0 amide bonds. The molecule has 4 nitrogen and oxygen atoms in total.